The molecule has 1 unspecified atom stereocenters. The van der Waals surface area contributed by atoms with Gasteiger partial charge in [0.05, 0.1) is 6.20 Å². The molecule has 2 aliphatic rings. The van der Waals surface area contributed by atoms with E-state index in [-0.39, 0.29) is 11.7 Å². The lowest BCUT2D eigenvalue weighted by molar-refractivity contribution is -0.116. The summed E-state index contributed by atoms with van der Waals surface area (Å²) in [6.07, 6.45) is 7.40. The number of ketones is 1. The number of carbonyl (C=O) groups is 2. The molecule has 0 radical (unpaired) electrons. The number of aryl methyl sites for hydroxylation is 2. The van der Waals surface area contributed by atoms with Gasteiger partial charge < -0.3 is 10.6 Å². The Kier molecular flexibility index (Phi) is 4.58. The number of pyridine rings is 1. The summed E-state index contributed by atoms with van der Waals surface area (Å²) in [5.74, 6) is -0.108. The van der Waals surface area contributed by atoms with Gasteiger partial charge in [-0.15, -0.1) is 0 Å². The summed E-state index contributed by atoms with van der Waals surface area (Å²) in [6, 6.07) is 3.69. The third-order valence-electron chi connectivity index (χ3n) is 5.24. The van der Waals surface area contributed by atoms with Gasteiger partial charge in [0.1, 0.15) is 5.82 Å². The van der Waals surface area contributed by atoms with Crippen LogP contribution in [0.4, 0.5) is 5.82 Å². The fourth-order valence-electron chi connectivity index (χ4n) is 4.00. The molecule has 2 aromatic rings. The van der Waals surface area contributed by atoms with Crippen molar-refractivity contribution in [1.82, 2.24) is 20.1 Å². The third kappa shape index (κ3) is 3.24. The number of dihydropyridines is 1. The molecule has 1 aliphatic heterocycles. The Morgan fingerprint density at radius 1 is 1.32 bits per heavy atom. The maximum absolute atomic E-state index is 13.3. The molecular weight excluding hydrogens is 354 g/mol. The first kappa shape index (κ1) is 18.2. The first-order valence-electron chi connectivity index (χ1n) is 9.40. The number of nitrogens with one attached hydrogen (secondary N) is 2. The highest BCUT2D eigenvalue weighted by Gasteiger charge is 2.39. The lowest BCUT2D eigenvalue weighted by Gasteiger charge is -2.33. The van der Waals surface area contributed by atoms with E-state index in [9.17, 15) is 9.59 Å². The Labute approximate surface area is 163 Å². The predicted octanol–water partition coefficient (Wildman–Crippen LogP) is 2.73. The van der Waals surface area contributed by atoms with Gasteiger partial charge >= 0.3 is 0 Å². The minimum atomic E-state index is -0.428. The van der Waals surface area contributed by atoms with Crippen molar-refractivity contribution in [3.63, 3.8) is 0 Å². The molecular formula is C21H23N5O2. The van der Waals surface area contributed by atoms with Crippen LogP contribution in [0.15, 0.2) is 53.3 Å². The van der Waals surface area contributed by atoms with Crippen LogP contribution < -0.4 is 10.6 Å². The zero-order valence-corrected chi connectivity index (χ0v) is 16.2. The van der Waals surface area contributed by atoms with E-state index in [0.29, 0.717) is 23.4 Å². The minimum absolute atomic E-state index is 0.0917. The summed E-state index contributed by atoms with van der Waals surface area (Å²) in [4.78, 5) is 30.3. The molecule has 0 bridgehead atoms. The van der Waals surface area contributed by atoms with Crippen LogP contribution in [0.1, 0.15) is 43.2 Å². The SMILES string of the molecule is CC1=C(C(=O)Nc2cc(C)ccn2)C(c2cnn(C)c2)C2=C(CCCC2=O)N1. The lowest BCUT2D eigenvalue weighted by atomic mass is 9.76. The molecule has 7 heteroatoms. The molecule has 2 N–H and O–H groups in total. The molecule has 0 aromatic carbocycles. The number of anilines is 1. The molecule has 3 heterocycles. The first-order valence-corrected chi connectivity index (χ1v) is 9.40. The van der Waals surface area contributed by atoms with Crippen LogP contribution in [0.5, 0.6) is 0 Å². The van der Waals surface area contributed by atoms with Crippen LogP contribution >= 0.6 is 0 Å². The number of aromatic nitrogens is 3. The zero-order chi connectivity index (χ0) is 19.8. The second kappa shape index (κ2) is 7.07. The lowest BCUT2D eigenvalue weighted by Crippen LogP contribution is -2.35. The molecule has 2 aromatic heterocycles. The van der Waals surface area contributed by atoms with Crippen LogP contribution in [0, 0.1) is 6.92 Å². The first-order chi connectivity index (χ1) is 13.4. The van der Waals surface area contributed by atoms with Gasteiger partial charge in [-0.05, 0) is 44.4 Å². The molecule has 0 saturated heterocycles. The number of amides is 1. The monoisotopic (exact) mass is 377 g/mol. The van der Waals surface area contributed by atoms with E-state index in [0.717, 1.165) is 35.4 Å². The molecule has 1 atom stereocenters. The van der Waals surface area contributed by atoms with Gasteiger partial charge in [0.25, 0.3) is 5.91 Å². The smallest absolute Gasteiger partial charge is 0.255 e. The molecule has 7 nitrogen and oxygen atoms in total. The minimum Gasteiger partial charge on any atom is -0.362 e. The number of hydrogen-bond acceptors (Lipinski definition) is 5. The Bertz CT molecular complexity index is 1030. The highest BCUT2D eigenvalue weighted by atomic mass is 16.2. The largest absolute Gasteiger partial charge is 0.362 e. The Morgan fingerprint density at radius 2 is 2.14 bits per heavy atom. The van der Waals surface area contributed by atoms with Gasteiger partial charge in [-0.25, -0.2) is 4.98 Å². The summed E-state index contributed by atoms with van der Waals surface area (Å²) in [6.45, 7) is 3.82. The van der Waals surface area contributed by atoms with Crippen LogP contribution in [-0.2, 0) is 16.6 Å². The van der Waals surface area contributed by atoms with Gasteiger partial charge in [-0.2, -0.15) is 5.10 Å². The number of allylic oxidation sites excluding steroid dienone is 3. The summed E-state index contributed by atoms with van der Waals surface area (Å²) in [5.41, 5.74) is 4.75. The van der Waals surface area contributed by atoms with Crippen molar-refractivity contribution in [1.29, 1.82) is 0 Å². The second-order valence-electron chi connectivity index (χ2n) is 7.39. The average molecular weight is 377 g/mol. The molecule has 1 amide bonds. The van der Waals surface area contributed by atoms with Crippen molar-refractivity contribution in [3.05, 3.63) is 64.4 Å². The van der Waals surface area contributed by atoms with E-state index in [1.165, 1.54) is 0 Å². The van der Waals surface area contributed by atoms with Gasteiger partial charge in [-0.1, -0.05) is 0 Å². The van der Waals surface area contributed by atoms with E-state index in [4.69, 9.17) is 0 Å². The maximum atomic E-state index is 13.3. The van der Waals surface area contributed by atoms with E-state index in [1.54, 1.807) is 17.1 Å². The molecule has 0 fully saturated rings. The van der Waals surface area contributed by atoms with Gasteiger partial charge in [0, 0.05) is 59.9 Å². The Balaban J connectivity index is 1.77. The van der Waals surface area contributed by atoms with Gasteiger partial charge in [0.2, 0.25) is 0 Å². The molecule has 0 saturated carbocycles. The number of nitrogens with zero attached hydrogens (tertiary/aromatic N) is 3. The highest BCUT2D eigenvalue weighted by Crippen LogP contribution is 2.42. The zero-order valence-electron chi connectivity index (χ0n) is 16.2. The number of rotatable bonds is 3. The number of carbonyl (C=O) groups excluding carboxylic acids is 2. The highest BCUT2D eigenvalue weighted by molar-refractivity contribution is 6.09. The second-order valence-corrected chi connectivity index (χ2v) is 7.39. The molecule has 4 rings (SSSR count). The maximum Gasteiger partial charge on any atom is 0.255 e. The summed E-state index contributed by atoms with van der Waals surface area (Å²) in [5, 5.41) is 10.5. The van der Waals surface area contributed by atoms with E-state index < -0.39 is 5.92 Å². The molecule has 0 spiro atoms. The fraction of sp³-hybridized carbons (Fsp3) is 0.333. The van der Waals surface area contributed by atoms with Crippen molar-refractivity contribution >= 4 is 17.5 Å². The van der Waals surface area contributed by atoms with Gasteiger partial charge in [-0.3, -0.25) is 14.3 Å². The molecule has 144 valence electrons. The summed E-state index contributed by atoms with van der Waals surface area (Å²) in [7, 11) is 1.83. The van der Waals surface area contributed by atoms with Crippen molar-refractivity contribution in [2.75, 3.05) is 5.32 Å². The van der Waals surface area contributed by atoms with E-state index in [2.05, 4.69) is 20.7 Å². The number of hydrogen-bond donors (Lipinski definition) is 2. The van der Waals surface area contributed by atoms with Crippen molar-refractivity contribution in [2.45, 2.75) is 39.0 Å². The van der Waals surface area contributed by atoms with E-state index >= 15 is 0 Å². The van der Waals surface area contributed by atoms with Crippen molar-refractivity contribution in [2.24, 2.45) is 7.05 Å². The summed E-state index contributed by atoms with van der Waals surface area (Å²) < 4.78 is 1.69. The quantitative estimate of drug-likeness (QED) is 0.859. The van der Waals surface area contributed by atoms with E-state index in [1.807, 2.05) is 39.2 Å². The van der Waals surface area contributed by atoms with Gasteiger partial charge in [0.15, 0.2) is 5.78 Å². The van der Waals surface area contributed by atoms with Crippen LogP contribution in [0.25, 0.3) is 0 Å². The summed E-state index contributed by atoms with van der Waals surface area (Å²) >= 11 is 0. The molecule has 28 heavy (non-hydrogen) atoms. The fourth-order valence-corrected chi connectivity index (χ4v) is 4.00. The normalized spacial score (nSPS) is 19.4. The Hall–Kier alpha value is -3.22. The van der Waals surface area contributed by atoms with Crippen LogP contribution in [-0.4, -0.2) is 26.5 Å². The average Bonchev–Trinajstić information content (AvgIpc) is 3.06. The predicted molar refractivity (Wildman–Crippen MR) is 105 cm³/mol. The van der Waals surface area contributed by atoms with Crippen molar-refractivity contribution < 1.29 is 9.59 Å². The molecule has 1 aliphatic carbocycles. The number of Topliss-reactive ketones (excluding diaryl/α,β-unsaturated/α-hetero) is 1. The standard InChI is InChI=1S/C21H23N5O2/c1-12-7-8-22-17(9-12)25-21(28)18-13(2)24-15-5-4-6-16(27)20(15)19(18)14-10-23-26(3)11-14/h7-11,19,24H,4-6H2,1-3H3,(H,22,25,28). The van der Waals surface area contributed by atoms with Crippen LogP contribution in [0.3, 0.4) is 0 Å². The third-order valence-corrected chi connectivity index (χ3v) is 5.24. The van der Waals surface area contributed by atoms with Crippen molar-refractivity contribution in [3.8, 4) is 0 Å². The Morgan fingerprint density at radius 3 is 2.86 bits per heavy atom. The topological polar surface area (TPSA) is 88.9 Å². The van der Waals surface area contributed by atoms with Crippen LogP contribution in [0.2, 0.25) is 0 Å².